The zero-order valence-corrected chi connectivity index (χ0v) is 11.3. The molecule has 0 aliphatic rings. The first-order chi connectivity index (χ1) is 10.2. The summed E-state index contributed by atoms with van der Waals surface area (Å²) < 4.78 is 24.4. The summed E-state index contributed by atoms with van der Waals surface area (Å²) >= 11 is 0. The van der Waals surface area contributed by atoms with Gasteiger partial charge < -0.3 is 9.15 Å². The average molecular weight is 285 g/mol. The summed E-state index contributed by atoms with van der Waals surface area (Å²) in [6.45, 7) is 0. The summed E-state index contributed by atoms with van der Waals surface area (Å²) in [5.41, 5.74) is 1.18. The van der Waals surface area contributed by atoms with Gasteiger partial charge in [0.1, 0.15) is 17.1 Å². The van der Waals surface area contributed by atoms with Crippen LogP contribution >= 0.6 is 0 Å². The molecule has 0 aliphatic heterocycles. The van der Waals surface area contributed by atoms with Crippen molar-refractivity contribution in [2.24, 2.45) is 0 Å². The summed E-state index contributed by atoms with van der Waals surface area (Å²) in [7, 11) is 1.39. The first-order valence-corrected chi connectivity index (χ1v) is 6.39. The lowest BCUT2D eigenvalue weighted by molar-refractivity contribution is 0.0979. The van der Waals surface area contributed by atoms with Crippen molar-refractivity contribution in [1.29, 1.82) is 0 Å². The third-order valence-electron chi connectivity index (χ3n) is 3.12. The number of ketones is 1. The predicted octanol–water partition coefficient (Wildman–Crippen LogP) is 3.40. The molecule has 2 aromatic carbocycles. The van der Waals surface area contributed by atoms with E-state index < -0.39 is 11.6 Å². The number of aromatic nitrogens is 1. The van der Waals surface area contributed by atoms with E-state index in [1.54, 1.807) is 18.2 Å². The Morgan fingerprint density at radius 2 is 2.05 bits per heavy atom. The lowest BCUT2D eigenvalue weighted by Gasteiger charge is -2.07. The van der Waals surface area contributed by atoms with E-state index in [4.69, 9.17) is 9.15 Å². The Balaban J connectivity index is 1.93. The molecule has 0 bridgehead atoms. The van der Waals surface area contributed by atoms with Gasteiger partial charge in [0.2, 0.25) is 5.89 Å². The summed E-state index contributed by atoms with van der Waals surface area (Å²) in [6, 6.07) is 11.5. The van der Waals surface area contributed by atoms with E-state index in [0.717, 1.165) is 0 Å². The van der Waals surface area contributed by atoms with Gasteiger partial charge in [-0.15, -0.1) is 0 Å². The smallest absolute Gasteiger partial charge is 0.203 e. The van der Waals surface area contributed by atoms with Crippen molar-refractivity contribution in [2.75, 3.05) is 7.11 Å². The highest BCUT2D eigenvalue weighted by atomic mass is 19.1. The van der Waals surface area contributed by atoms with Crippen molar-refractivity contribution in [3.63, 3.8) is 0 Å². The van der Waals surface area contributed by atoms with E-state index in [9.17, 15) is 9.18 Å². The Bertz CT molecular complexity index is 777. The van der Waals surface area contributed by atoms with Gasteiger partial charge >= 0.3 is 0 Å². The van der Waals surface area contributed by atoms with Gasteiger partial charge in [-0.1, -0.05) is 18.2 Å². The van der Waals surface area contributed by atoms with E-state index in [-0.39, 0.29) is 23.6 Å². The first kappa shape index (κ1) is 13.3. The molecule has 5 heteroatoms. The van der Waals surface area contributed by atoms with Crippen LogP contribution in [0.5, 0.6) is 5.75 Å². The monoisotopic (exact) mass is 285 g/mol. The number of hydrogen-bond donors (Lipinski definition) is 0. The Hall–Kier alpha value is -2.69. The molecule has 3 rings (SSSR count). The lowest BCUT2D eigenvalue weighted by Crippen LogP contribution is -2.08. The molecule has 3 aromatic rings. The molecule has 0 radical (unpaired) electrons. The van der Waals surface area contributed by atoms with Crippen LogP contribution in [0, 0.1) is 5.82 Å². The topological polar surface area (TPSA) is 52.3 Å². The Kier molecular flexibility index (Phi) is 3.39. The second kappa shape index (κ2) is 5.36. The minimum absolute atomic E-state index is 0.0812. The molecule has 4 nitrogen and oxygen atoms in total. The Morgan fingerprint density at radius 1 is 1.24 bits per heavy atom. The van der Waals surface area contributed by atoms with Crippen LogP contribution < -0.4 is 4.74 Å². The second-order valence-corrected chi connectivity index (χ2v) is 4.49. The number of fused-ring (bicyclic) bond motifs is 1. The molecule has 0 saturated heterocycles. The molecule has 1 heterocycles. The molecule has 0 spiro atoms. The number of carbonyl (C=O) groups is 1. The van der Waals surface area contributed by atoms with Gasteiger partial charge in [-0.25, -0.2) is 9.37 Å². The SMILES string of the molecule is COc1cccc(F)c1C(=O)Cc1nc2ccccc2o1. The van der Waals surface area contributed by atoms with E-state index >= 15 is 0 Å². The Labute approximate surface area is 120 Å². The third kappa shape index (κ3) is 2.50. The van der Waals surface area contributed by atoms with Crippen LogP contribution in [0.2, 0.25) is 0 Å². The second-order valence-electron chi connectivity index (χ2n) is 4.49. The van der Waals surface area contributed by atoms with Crippen molar-refractivity contribution in [2.45, 2.75) is 6.42 Å². The standard InChI is InChI=1S/C16H12FNO3/c1-20-14-8-4-5-10(17)16(14)12(19)9-15-18-11-6-2-3-7-13(11)21-15/h2-8H,9H2,1H3. The van der Waals surface area contributed by atoms with Crippen LogP contribution in [0.25, 0.3) is 11.1 Å². The fraction of sp³-hybridized carbons (Fsp3) is 0.125. The lowest BCUT2D eigenvalue weighted by atomic mass is 10.1. The van der Waals surface area contributed by atoms with E-state index in [0.29, 0.717) is 11.1 Å². The fourth-order valence-electron chi connectivity index (χ4n) is 2.17. The number of carbonyl (C=O) groups excluding carboxylic acids is 1. The fourth-order valence-corrected chi connectivity index (χ4v) is 2.17. The van der Waals surface area contributed by atoms with Gasteiger partial charge in [0.25, 0.3) is 0 Å². The minimum Gasteiger partial charge on any atom is -0.496 e. The largest absolute Gasteiger partial charge is 0.496 e. The van der Waals surface area contributed by atoms with Crippen LogP contribution in [-0.2, 0) is 6.42 Å². The normalized spacial score (nSPS) is 10.8. The Morgan fingerprint density at radius 3 is 2.81 bits per heavy atom. The van der Waals surface area contributed by atoms with Crippen LogP contribution in [-0.4, -0.2) is 17.9 Å². The number of rotatable bonds is 4. The molecule has 0 amide bonds. The molecule has 0 aliphatic carbocycles. The van der Waals surface area contributed by atoms with Crippen molar-refractivity contribution >= 4 is 16.9 Å². The molecule has 21 heavy (non-hydrogen) atoms. The number of methoxy groups -OCH3 is 1. The van der Waals surface area contributed by atoms with Crippen molar-refractivity contribution < 1.29 is 18.3 Å². The maximum atomic E-state index is 13.8. The summed E-state index contributed by atoms with van der Waals surface area (Å²) in [4.78, 5) is 16.5. The highest BCUT2D eigenvalue weighted by Crippen LogP contribution is 2.24. The summed E-state index contributed by atoms with van der Waals surface area (Å²) in [5.74, 6) is -0.588. The molecule has 0 unspecified atom stereocenters. The van der Waals surface area contributed by atoms with Crippen molar-refractivity contribution in [1.82, 2.24) is 4.98 Å². The molecule has 0 saturated carbocycles. The maximum Gasteiger partial charge on any atom is 0.203 e. The van der Waals surface area contributed by atoms with E-state index in [2.05, 4.69) is 4.98 Å². The molecule has 106 valence electrons. The van der Waals surface area contributed by atoms with Crippen LogP contribution in [0.3, 0.4) is 0 Å². The number of para-hydroxylation sites is 2. The number of benzene rings is 2. The van der Waals surface area contributed by atoms with Gasteiger partial charge in [0, 0.05) is 0 Å². The van der Waals surface area contributed by atoms with Crippen molar-refractivity contribution in [3.05, 3.63) is 59.7 Å². The summed E-state index contributed by atoms with van der Waals surface area (Å²) in [5, 5.41) is 0. The van der Waals surface area contributed by atoms with E-state index in [1.165, 1.54) is 19.2 Å². The highest BCUT2D eigenvalue weighted by Gasteiger charge is 2.20. The number of halogens is 1. The van der Waals surface area contributed by atoms with Gasteiger partial charge in [0.15, 0.2) is 11.4 Å². The number of oxazole rings is 1. The zero-order chi connectivity index (χ0) is 14.8. The quantitative estimate of drug-likeness (QED) is 0.689. The van der Waals surface area contributed by atoms with Gasteiger partial charge in [-0.3, -0.25) is 4.79 Å². The van der Waals surface area contributed by atoms with Crippen LogP contribution in [0.1, 0.15) is 16.2 Å². The maximum absolute atomic E-state index is 13.8. The molecule has 0 atom stereocenters. The molecule has 0 fully saturated rings. The number of nitrogens with zero attached hydrogens (tertiary/aromatic N) is 1. The highest BCUT2D eigenvalue weighted by molar-refractivity contribution is 6.00. The van der Waals surface area contributed by atoms with E-state index in [1.807, 2.05) is 12.1 Å². The molecule has 1 aromatic heterocycles. The number of Topliss-reactive ketones (excluding diaryl/α,β-unsaturated/α-hetero) is 1. The summed E-state index contributed by atoms with van der Waals surface area (Å²) in [6.07, 6.45) is -0.119. The predicted molar refractivity (Wildman–Crippen MR) is 75.0 cm³/mol. The van der Waals surface area contributed by atoms with Gasteiger partial charge in [-0.05, 0) is 24.3 Å². The minimum atomic E-state index is -0.615. The molecule has 0 N–H and O–H groups in total. The third-order valence-corrected chi connectivity index (χ3v) is 3.12. The molecular weight excluding hydrogens is 273 g/mol. The van der Waals surface area contributed by atoms with Crippen LogP contribution in [0.15, 0.2) is 46.9 Å². The van der Waals surface area contributed by atoms with Crippen molar-refractivity contribution in [3.8, 4) is 5.75 Å². The average Bonchev–Trinajstić information content (AvgIpc) is 2.88. The zero-order valence-electron chi connectivity index (χ0n) is 11.3. The van der Waals surface area contributed by atoms with Crippen LogP contribution in [0.4, 0.5) is 4.39 Å². The molecular formula is C16H12FNO3. The number of ether oxygens (including phenoxy) is 1. The number of hydrogen-bond acceptors (Lipinski definition) is 4. The van der Waals surface area contributed by atoms with Gasteiger partial charge in [0.05, 0.1) is 19.1 Å². The van der Waals surface area contributed by atoms with Gasteiger partial charge in [-0.2, -0.15) is 0 Å². The first-order valence-electron chi connectivity index (χ1n) is 6.39.